The maximum atomic E-state index is 13.7. The van der Waals surface area contributed by atoms with E-state index in [9.17, 15) is 19.1 Å². The third-order valence-electron chi connectivity index (χ3n) is 8.05. The number of thiazole rings is 1. The van der Waals surface area contributed by atoms with E-state index in [1.54, 1.807) is 54.6 Å². The third-order valence-corrected chi connectivity index (χ3v) is 9.01. The Labute approximate surface area is 229 Å². The summed E-state index contributed by atoms with van der Waals surface area (Å²) in [6.45, 7) is 2.37. The van der Waals surface area contributed by atoms with E-state index >= 15 is 0 Å². The number of quaternary nitrogens is 1. The maximum absolute atomic E-state index is 13.7. The molecule has 3 aliphatic heterocycles. The Morgan fingerprint density at radius 2 is 1.67 bits per heavy atom. The molecule has 3 saturated heterocycles. The number of carbonyl (C=O) groups is 2. The summed E-state index contributed by atoms with van der Waals surface area (Å²) in [7, 11) is 0. The van der Waals surface area contributed by atoms with Crippen LogP contribution in [0.25, 0.3) is 10.2 Å². The number of piperidine rings is 3. The first kappa shape index (κ1) is 25.6. The number of halogens is 1. The summed E-state index contributed by atoms with van der Waals surface area (Å²) < 4.78 is 20.9. The molecule has 4 heterocycles. The zero-order valence-electron chi connectivity index (χ0n) is 21.3. The van der Waals surface area contributed by atoms with Gasteiger partial charge < -0.3 is 14.3 Å². The topological polar surface area (TPSA) is 88.5 Å². The molecule has 1 aromatic heterocycles. The Bertz CT molecular complexity index is 1460. The van der Waals surface area contributed by atoms with Crippen molar-refractivity contribution >= 4 is 38.6 Å². The minimum Gasteiger partial charge on any atom is -0.453 e. The number of aliphatic hydroxyl groups is 1. The maximum Gasteiger partial charge on any atom is 0.348 e. The van der Waals surface area contributed by atoms with Crippen molar-refractivity contribution in [3.63, 3.8) is 0 Å². The SMILES string of the molecule is O=C(C[N+]12CCC(CC1)[C@@H](OC(=O)C(O)(c1ccccc1)c1ccccc1)C2)Nc1nc2cc(F)ccc2s1. The summed E-state index contributed by atoms with van der Waals surface area (Å²) in [5.74, 6) is -1.06. The minimum atomic E-state index is -1.94. The summed E-state index contributed by atoms with van der Waals surface area (Å²) in [6, 6.07) is 22.1. The van der Waals surface area contributed by atoms with Crippen molar-refractivity contribution in [1.82, 2.24) is 4.98 Å². The van der Waals surface area contributed by atoms with E-state index < -0.39 is 17.7 Å². The molecular weight excluding hydrogens is 517 g/mol. The normalized spacial score (nSPS) is 22.5. The molecule has 200 valence electrons. The molecule has 1 atom stereocenters. The van der Waals surface area contributed by atoms with E-state index in [0.29, 0.717) is 32.8 Å². The summed E-state index contributed by atoms with van der Waals surface area (Å²) in [5.41, 5.74) is -0.538. The summed E-state index contributed by atoms with van der Waals surface area (Å²) in [4.78, 5) is 31.1. The molecule has 9 heteroatoms. The molecule has 2 bridgehead atoms. The number of fused-ring (bicyclic) bond motifs is 4. The molecular formula is C30H29FN3O4S+. The molecule has 7 rings (SSSR count). The zero-order valence-corrected chi connectivity index (χ0v) is 22.1. The van der Waals surface area contributed by atoms with Gasteiger partial charge in [-0.3, -0.25) is 10.1 Å². The van der Waals surface area contributed by atoms with Gasteiger partial charge in [0.25, 0.3) is 5.91 Å². The number of hydrogen-bond acceptors (Lipinski definition) is 6. The van der Waals surface area contributed by atoms with Gasteiger partial charge in [-0.15, -0.1) is 0 Å². The van der Waals surface area contributed by atoms with Crippen molar-refractivity contribution in [3.8, 4) is 0 Å². The van der Waals surface area contributed by atoms with Crippen LogP contribution in [-0.2, 0) is 19.9 Å². The van der Waals surface area contributed by atoms with E-state index in [-0.39, 0.29) is 24.2 Å². The Hall–Kier alpha value is -3.66. The first-order valence-electron chi connectivity index (χ1n) is 13.1. The number of hydrogen-bond donors (Lipinski definition) is 2. The lowest BCUT2D eigenvalue weighted by Gasteiger charge is -2.51. The van der Waals surface area contributed by atoms with Crippen molar-refractivity contribution in [2.24, 2.45) is 5.92 Å². The van der Waals surface area contributed by atoms with Gasteiger partial charge in [-0.1, -0.05) is 72.0 Å². The first-order valence-corrected chi connectivity index (χ1v) is 13.9. The van der Waals surface area contributed by atoms with Gasteiger partial charge in [0.15, 0.2) is 17.8 Å². The molecule has 0 saturated carbocycles. The van der Waals surface area contributed by atoms with Crippen molar-refractivity contribution in [2.75, 3.05) is 31.5 Å². The number of nitrogens with zero attached hydrogens (tertiary/aromatic N) is 2. The van der Waals surface area contributed by atoms with E-state index in [2.05, 4.69) is 10.3 Å². The van der Waals surface area contributed by atoms with Gasteiger partial charge >= 0.3 is 5.97 Å². The Balaban J connectivity index is 1.18. The number of anilines is 1. The molecule has 0 aliphatic carbocycles. The van der Waals surface area contributed by atoms with Crippen LogP contribution in [0.4, 0.5) is 9.52 Å². The summed E-state index contributed by atoms with van der Waals surface area (Å²) >= 11 is 1.31. The van der Waals surface area contributed by atoms with Crippen LogP contribution in [-0.4, -0.2) is 58.7 Å². The highest BCUT2D eigenvalue weighted by molar-refractivity contribution is 7.22. The molecule has 3 aromatic carbocycles. The van der Waals surface area contributed by atoms with Crippen molar-refractivity contribution in [3.05, 3.63) is 95.8 Å². The van der Waals surface area contributed by atoms with Gasteiger partial charge in [-0.25, -0.2) is 14.2 Å². The highest BCUT2D eigenvalue weighted by Crippen LogP contribution is 2.38. The van der Waals surface area contributed by atoms with Crippen LogP contribution in [0.5, 0.6) is 0 Å². The fourth-order valence-electron chi connectivity index (χ4n) is 5.98. The number of amides is 1. The molecule has 2 N–H and O–H groups in total. The average Bonchev–Trinajstić information content (AvgIpc) is 3.34. The van der Waals surface area contributed by atoms with Crippen LogP contribution < -0.4 is 5.32 Å². The lowest BCUT2D eigenvalue weighted by Crippen LogP contribution is -2.66. The molecule has 0 unspecified atom stereocenters. The zero-order chi connectivity index (χ0) is 27.0. The van der Waals surface area contributed by atoms with Crippen LogP contribution in [0.1, 0.15) is 24.0 Å². The number of aromatic nitrogens is 1. The van der Waals surface area contributed by atoms with Crippen LogP contribution >= 0.6 is 11.3 Å². The van der Waals surface area contributed by atoms with Gasteiger partial charge in [0.2, 0.25) is 5.60 Å². The van der Waals surface area contributed by atoms with Gasteiger partial charge in [0.05, 0.1) is 23.3 Å². The molecule has 1 amide bonds. The molecule has 0 radical (unpaired) electrons. The minimum absolute atomic E-state index is 0.176. The van der Waals surface area contributed by atoms with Gasteiger partial charge in [-0.05, 0) is 23.3 Å². The quantitative estimate of drug-likeness (QED) is 0.264. The van der Waals surface area contributed by atoms with Crippen molar-refractivity contribution in [1.29, 1.82) is 0 Å². The van der Waals surface area contributed by atoms with E-state index in [1.807, 2.05) is 12.1 Å². The van der Waals surface area contributed by atoms with E-state index in [4.69, 9.17) is 4.74 Å². The smallest absolute Gasteiger partial charge is 0.348 e. The second-order valence-corrected chi connectivity index (χ2v) is 11.6. The molecule has 3 fully saturated rings. The number of esters is 1. The van der Waals surface area contributed by atoms with Gasteiger partial charge in [-0.2, -0.15) is 0 Å². The van der Waals surface area contributed by atoms with E-state index in [0.717, 1.165) is 30.6 Å². The van der Waals surface area contributed by atoms with Crippen LogP contribution in [0, 0.1) is 11.7 Å². The van der Waals surface area contributed by atoms with Crippen molar-refractivity contribution in [2.45, 2.75) is 24.5 Å². The largest absolute Gasteiger partial charge is 0.453 e. The lowest BCUT2D eigenvalue weighted by molar-refractivity contribution is -0.939. The number of rotatable bonds is 7. The molecule has 0 spiro atoms. The molecule has 39 heavy (non-hydrogen) atoms. The standard InChI is InChI=1S/C30H28FN3O4S/c31-23-11-12-26-24(17-23)32-29(39-26)33-27(35)19-34-15-13-20(14-16-34)25(18-34)38-28(36)30(37,21-7-3-1-4-8-21)22-9-5-2-6-10-22/h1-12,17,20,25,37H,13-16,18-19H2/p+1/t20?,25-,34?/m0/s1. The summed E-state index contributed by atoms with van der Waals surface area (Å²) in [6.07, 6.45) is 1.26. The Morgan fingerprint density at radius 3 is 2.31 bits per heavy atom. The Kier molecular flexibility index (Phi) is 6.66. The predicted octanol–water partition coefficient (Wildman–Crippen LogP) is 4.46. The summed E-state index contributed by atoms with van der Waals surface area (Å²) in [5, 5.41) is 15.1. The second kappa shape index (κ2) is 10.1. The molecule has 7 nitrogen and oxygen atoms in total. The monoisotopic (exact) mass is 546 g/mol. The number of benzene rings is 3. The fraction of sp³-hybridized carbons (Fsp3) is 0.300. The fourth-order valence-corrected chi connectivity index (χ4v) is 6.84. The van der Waals surface area contributed by atoms with E-state index in [1.165, 1.54) is 23.5 Å². The average molecular weight is 547 g/mol. The number of ether oxygens (including phenoxy) is 1. The molecule has 3 aliphatic rings. The highest BCUT2D eigenvalue weighted by Gasteiger charge is 2.51. The van der Waals surface area contributed by atoms with Gasteiger partial charge in [0.1, 0.15) is 12.4 Å². The third kappa shape index (κ3) is 4.93. The second-order valence-electron chi connectivity index (χ2n) is 10.5. The highest BCUT2D eigenvalue weighted by atomic mass is 32.1. The molecule has 4 aromatic rings. The number of carbonyl (C=O) groups excluding carboxylic acids is 2. The van der Waals surface area contributed by atoms with Crippen LogP contribution in [0.15, 0.2) is 78.9 Å². The van der Waals surface area contributed by atoms with Crippen LogP contribution in [0.2, 0.25) is 0 Å². The van der Waals surface area contributed by atoms with Gasteiger partial charge in [0, 0.05) is 24.8 Å². The van der Waals surface area contributed by atoms with Crippen LogP contribution in [0.3, 0.4) is 0 Å². The Morgan fingerprint density at radius 1 is 1.03 bits per heavy atom. The predicted molar refractivity (Wildman–Crippen MR) is 146 cm³/mol. The number of nitrogens with one attached hydrogen (secondary N) is 1. The first-order chi connectivity index (χ1) is 18.8. The lowest BCUT2D eigenvalue weighted by atomic mass is 9.82. The van der Waals surface area contributed by atoms with Crippen molar-refractivity contribution < 1.29 is 28.3 Å².